The molecule has 9 heteroatoms. The Morgan fingerprint density at radius 2 is 1.97 bits per heavy atom. The van der Waals surface area contributed by atoms with E-state index in [4.69, 9.17) is 22.1 Å². The van der Waals surface area contributed by atoms with E-state index >= 15 is 0 Å². The number of aliphatic hydroxyl groups is 1. The van der Waals surface area contributed by atoms with Gasteiger partial charge < -0.3 is 15.6 Å². The normalized spacial score (nSPS) is 24.2. The lowest BCUT2D eigenvalue weighted by atomic mass is 9.92. The summed E-state index contributed by atoms with van der Waals surface area (Å²) in [4.78, 5) is 31.7. The molecule has 2 heterocycles. The summed E-state index contributed by atoms with van der Waals surface area (Å²) in [5, 5.41) is 11.1. The zero-order valence-electron chi connectivity index (χ0n) is 16.3. The van der Waals surface area contributed by atoms with Crippen molar-refractivity contribution >= 4 is 29.2 Å². The largest absolute Gasteiger partial charge is 0.474 e. The van der Waals surface area contributed by atoms with Crippen molar-refractivity contribution in [2.75, 3.05) is 11.4 Å². The number of β-amino-alcohol motifs (C(OH)–C–C–N with tert-alkyl or cyclic N) is 1. The minimum atomic E-state index is -0.879. The first-order valence-electron chi connectivity index (χ1n) is 9.89. The number of ether oxygens (including phenoxy) is 1. The highest BCUT2D eigenvalue weighted by molar-refractivity contribution is 6.30. The van der Waals surface area contributed by atoms with Crippen LogP contribution in [-0.2, 0) is 0 Å². The highest BCUT2D eigenvalue weighted by atomic mass is 35.5. The fourth-order valence-electron chi connectivity index (χ4n) is 4.13. The van der Waals surface area contributed by atoms with Gasteiger partial charge in [0, 0.05) is 22.9 Å². The Balaban J connectivity index is 1.39. The highest BCUT2D eigenvalue weighted by Crippen LogP contribution is 2.33. The van der Waals surface area contributed by atoms with Crippen molar-refractivity contribution in [1.82, 2.24) is 9.88 Å². The summed E-state index contributed by atoms with van der Waals surface area (Å²) in [6.07, 6.45) is 3.24. The number of hydrogen-bond donors (Lipinski definition) is 2. The van der Waals surface area contributed by atoms with Crippen LogP contribution in [0.15, 0.2) is 42.6 Å². The molecule has 2 aliphatic rings. The lowest BCUT2D eigenvalue weighted by Gasteiger charge is -2.35. The van der Waals surface area contributed by atoms with E-state index in [0.717, 1.165) is 0 Å². The second-order valence-electron chi connectivity index (χ2n) is 7.53. The van der Waals surface area contributed by atoms with Gasteiger partial charge in [0.05, 0.1) is 6.54 Å². The zero-order chi connectivity index (χ0) is 21.3. The lowest BCUT2D eigenvalue weighted by molar-refractivity contribution is 0.0138. The van der Waals surface area contributed by atoms with Crippen LogP contribution in [0.1, 0.15) is 36.0 Å². The highest BCUT2D eigenvalue weighted by Gasteiger charge is 2.42. The minimum Gasteiger partial charge on any atom is -0.474 e. The fraction of sp³-hybridized carbons (Fsp3) is 0.381. The third-order valence-electron chi connectivity index (χ3n) is 5.59. The molecule has 4 rings (SSSR count). The third-order valence-corrected chi connectivity index (χ3v) is 5.83. The van der Waals surface area contributed by atoms with Crippen molar-refractivity contribution < 1.29 is 19.4 Å². The molecular weight excluding hydrogens is 408 g/mol. The Hall–Kier alpha value is -2.84. The van der Waals surface area contributed by atoms with Gasteiger partial charge in [-0.2, -0.15) is 0 Å². The number of amides is 3. The number of aliphatic hydroxyl groups excluding tert-OH is 1. The molecule has 1 atom stereocenters. The number of primary amides is 1. The van der Waals surface area contributed by atoms with Gasteiger partial charge >= 0.3 is 6.03 Å². The number of nitrogens with two attached hydrogens (primary N) is 1. The van der Waals surface area contributed by atoms with E-state index < -0.39 is 12.1 Å². The van der Waals surface area contributed by atoms with Gasteiger partial charge in [-0.3, -0.25) is 14.6 Å². The van der Waals surface area contributed by atoms with Crippen molar-refractivity contribution in [3.63, 3.8) is 0 Å². The second-order valence-corrected chi connectivity index (χ2v) is 7.97. The molecule has 2 fully saturated rings. The molecule has 0 radical (unpaired) electrons. The van der Waals surface area contributed by atoms with Crippen molar-refractivity contribution in [2.24, 2.45) is 5.73 Å². The summed E-state index contributed by atoms with van der Waals surface area (Å²) in [6.45, 7) is 0.200. The summed E-state index contributed by atoms with van der Waals surface area (Å²) >= 11 is 6.04. The Labute approximate surface area is 179 Å². The maximum atomic E-state index is 13.0. The van der Waals surface area contributed by atoms with Gasteiger partial charge in [-0.15, -0.1) is 0 Å². The SMILES string of the molecule is NC(=O)c1cccnc1O[C@H]1CC[C@H](N2C(=O)N(c3cccc(Cl)c3)CC2O)CC1. The molecule has 1 saturated heterocycles. The molecule has 8 nitrogen and oxygen atoms in total. The molecule has 2 aromatic rings. The molecule has 1 aliphatic heterocycles. The van der Waals surface area contributed by atoms with Crippen LogP contribution >= 0.6 is 11.6 Å². The van der Waals surface area contributed by atoms with Gasteiger partial charge in [-0.25, -0.2) is 9.78 Å². The predicted octanol–water partition coefficient (Wildman–Crippen LogP) is 2.78. The number of hydrogen-bond acceptors (Lipinski definition) is 5. The average Bonchev–Trinajstić information content (AvgIpc) is 3.03. The first-order valence-corrected chi connectivity index (χ1v) is 10.3. The first-order chi connectivity index (χ1) is 14.4. The quantitative estimate of drug-likeness (QED) is 0.758. The van der Waals surface area contributed by atoms with Crippen LogP contribution in [0.5, 0.6) is 5.88 Å². The smallest absolute Gasteiger partial charge is 0.327 e. The molecule has 1 aromatic carbocycles. The maximum Gasteiger partial charge on any atom is 0.327 e. The van der Waals surface area contributed by atoms with Gasteiger partial charge in [0.15, 0.2) is 0 Å². The zero-order valence-corrected chi connectivity index (χ0v) is 17.0. The number of urea groups is 1. The first kappa shape index (κ1) is 20.4. The number of anilines is 1. The molecule has 30 heavy (non-hydrogen) atoms. The number of carbonyl (C=O) groups is 2. The summed E-state index contributed by atoms with van der Waals surface area (Å²) < 4.78 is 5.91. The molecule has 1 saturated carbocycles. The minimum absolute atomic E-state index is 0.0872. The summed E-state index contributed by atoms with van der Waals surface area (Å²) in [7, 11) is 0. The van der Waals surface area contributed by atoms with E-state index in [-0.39, 0.29) is 36.2 Å². The third kappa shape index (κ3) is 4.06. The van der Waals surface area contributed by atoms with Crippen LogP contribution in [0, 0.1) is 0 Å². The number of carbonyl (C=O) groups excluding carboxylic acids is 2. The molecule has 1 aromatic heterocycles. The molecule has 3 N–H and O–H groups in total. The Morgan fingerprint density at radius 1 is 1.20 bits per heavy atom. The van der Waals surface area contributed by atoms with E-state index in [1.807, 2.05) is 0 Å². The van der Waals surface area contributed by atoms with Gasteiger partial charge in [0.2, 0.25) is 5.88 Å². The molecule has 158 valence electrons. The van der Waals surface area contributed by atoms with E-state index in [9.17, 15) is 14.7 Å². The molecule has 0 bridgehead atoms. The Morgan fingerprint density at radius 3 is 2.67 bits per heavy atom. The Kier molecular flexibility index (Phi) is 5.78. The average molecular weight is 431 g/mol. The van der Waals surface area contributed by atoms with Crippen LogP contribution in [0.2, 0.25) is 5.02 Å². The van der Waals surface area contributed by atoms with Gasteiger partial charge in [0.1, 0.15) is 17.9 Å². The van der Waals surface area contributed by atoms with E-state index in [2.05, 4.69) is 4.98 Å². The fourth-order valence-corrected chi connectivity index (χ4v) is 4.31. The summed E-state index contributed by atoms with van der Waals surface area (Å²) in [6, 6.07) is 9.94. The van der Waals surface area contributed by atoms with Crippen LogP contribution in [-0.4, -0.2) is 51.8 Å². The molecular formula is C21H23ClN4O4. The maximum absolute atomic E-state index is 13.0. The summed E-state index contributed by atoms with van der Waals surface area (Å²) in [5.74, 6) is -0.350. The van der Waals surface area contributed by atoms with Crippen molar-refractivity contribution in [2.45, 2.75) is 44.1 Å². The van der Waals surface area contributed by atoms with E-state index in [1.54, 1.807) is 52.4 Å². The van der Waals surface area contributed by atoms with Crippen molar-refractivity contribution in [3.05, 3.63) is 53.2 Å². The van der Waals surface area contributed by atoms with Gasteiger partial charge in [-0.05, 0) is 56.0 Å². The van der Waals surface area contributed by atoms with Gasteiger partial charge in [-0.1, -0.05) is 17.7 Å². The van der Waals surface area contributed by atoms with Crippen molar-refractivity contribution in [1.29, 1.82) is 0 Å². The predicted molar refractivity (Wildman–Crippen MR) is 111 cm³/mol. The standard InChI is InChI=1S/C21H23ClN4O4/c22-13-3-1-4-15(11-13)25-12-18(27)26(21(25)29)14-6-8-16(9-7-14)30-20-17(19(23)28)5-2-10-24-20/h1-5,10-11,14,16,18,27H,6-9,12H2,(H2,23,28)/t14-,16-,18?. The molecule has 1 aliphatic carbocycles. The molecule has 1 unspecified atom stereocenters. The Bertz CT molecular complexity index is 948. The van der Waals surface area contributed by atoms with Crippen LogP contribution in [0.4, 0.5) is 10.5 Å². The van der Waals surface area contributed by atoms with Crippen LogP contribution < -0.4 is 15.4 Å². The van der Waals surface area contributed by atoms with Crippen LogP contribution in [0.25, 0.3) is 0 Å². The van der Waals surface area contributed by atoms with E-state index in [0.29, 0.717) is 36.4 Å². The topological polar surface area (TPSA) is 109 Å². The van der Waals surface area contributed by atoms with Crippen molar-refractivity contribution in [3.8, 4) is 5.88 Å². The number of pyridine rings is 1. The summed E-state index contributed by atoms with van der Waals surface area (Å²) in [5.41, 5.74) is 6.30. The number of rotatable bonds is 5. The van der Waals surface area contributed by atoms with E-state index in [1.165, 1.54) is 0 Å². The lowest BCUT2D eigenvalue weighted by Crippen LogP contribution is -2.46. The number of halogens is 1. The van der Waals surface area contributed by atoms with Gasteiger partial charge in [0.25, 0.3) is 5.91 Å². The van der Waals surface area contributed by atoms with Crippen LogP contribution in [0.3, 0.4) is 0 Å². The monoisotopic (exact) mass is 430 g/mol. The molecule has 3 amide bonds. The number of benzene rings is 1. The number of aromatic nitrogens is 1. The molecule has 0 spiro atoms. The second kappa shape index (κ2) is 8.49. The number of nitrogens with zero attached hydrogens (tertiary/aromatic N) is 3.